The summed E-state index contributed by atoms with van der Waals surface area (Å²) in [4.78, 5) is 9.62. The fourth-order valence-corrected chi connectivity index (χ4v) is 2.50. The first-order valence-electron chi connectivity index (χ1n) is 5.50. The zero-order valence-corrected chi connectivity index (χ0v) is 11.5. The molecule has 0 aliphatic carbocycles. The van der Waals surface area contributed by atoms with Crippen molar-refractivity contribution in [3.63, 3.8) is 0 Å². The zero-order valence-electron chi connectivity index (χ0n) is 9.93. The standard InChI is InChI=1S/C13H13ClN2OS/c1-9-6-12(14)16-13(15-9)8-18-11-4-2-10(7-17)3-5-11/h2-6,17H,7-8H2,1H3. The zero-order chi connectivity index (χ0) is 13.0. The highest BCUT2D eigenvalue weighted by atomic mass is 35.5. The molecule has 0 spiro atoms. The highest BCUT2D eigenvalue weighted by Crippen LogP contribution is 2.22. The van der Waals surface area contributed by atoms with Crippen LogP contribution < -0.4 is 0 Å². The molecule has 0 fully saturated rings. The molecule has 3 nitrogen and oxygen atoms in total. The molecule has 0 saturated carbocycles. The van der Waals surface area contributed by atoms with Gasteiger partial charge in [0.25, 0.3) is 0 Å². The Morgan fingerprint density at radius 2 is 1.94 bits per heavy atom. The van der Waals surface area contributed by atoms with Gasteiger partial charge in [0.05, 0.1) is 12.4 Å². The molecule has 1 aromatic carbocycles. The molecular formula is C13H13ClN2OS. The second-order valence-corrected chi connectivity index (χ2v) is 5.28. The van der Waals surface area contributed by atoms with Crippen LogP contribution in [-0.2, 0) is 12.4 Å². The predicted molar refractivity (Wildman–Crippen MR) is 73.7 cm³/mol. The van der Waals surface area contributed by atoms with Gasteiger partial charge in [0.15, 0.2) is 0 Å². The van der Waals surface area contributed by atoms with E-state index in [-0.39, 0.29) is 6.61 Å². The molecule has 0 bridgehead atoms. The maximum atomic E-state index is 8.96. The molecule has 0 radical (unpaired) electrons. The second-order valence-electron chi connectivity index (χ2n) is 3.84. The summed E-state index contributed by atoms with van der Waals surface area (Å²) in [6.07, 6.45) is 0. The highest BCUT2D eigenvalue weighted by Gasteiger charge is 2.02. The molecule has 0 amide bonds. The molecule has 0 aliphatic heterocycles. The van der Waals surface area contributed by atoms with Crippen LogP contribution in [0, 0.1) is 6.92 Å². The van der Waals surface area contributed by atoms with Crippen molar-refractivity contribution < 1.29 is 5.11 Å². The minimum absolute atomic E-state index is 0.0710. The van der Waals surface area contributed by atoms with E-state index in [1.54, 1.807) is 17.8 Å². The van der Waals surface area contributed by atoms with Gasteiger partial charge >= 0.3 is 0 Å². The number of rotatable bonds is 4. The fourth-order valence-electron chi connectivity index (χ4n) is 1.49. The molecule has 0 aliphatic rings. The van der Waals surface area contributed by atoms with Crippen LogP contribution in [0.5, 0.6) is 0 Å². The van der Waals surface area contributed by atoms with Crippen molar-refractivity contribution in [3.8, 4) is 0 Å². The third-order valence-corrected chi connectivity index (χ3v) is 3.54. The Kier molecular flexibility index (Phi) is 4.58. The molecular weight excluding hydrogens is 268 g/mol. The summed E-state index contributed by atoms with van der Waals surface area (Å²) in [6.45, 7) is 1.97. The van der Waals surface area contributed by atoms with E-state index in [9.17, 15) is 0 Å². The van der Waals surface area contributed by atoms with Gasteiger partial charge in [-0.25, -0.2) is 9.97 Å². The number of hydrogen-bond acceptors (Lipinski definition) is 4. The molecule has 0 saturated heterocycles. The van der Waals surface area contributed by atoms with E-state index in [0.29, 0.717) is 10.9 Å². The second kappa shape index (κ2) is 6.18. The van der Waals surface area contributed by atoms with Crippen molar-refractivity contribution in [3.05, 3.63) is 52.6 Å². The third kappa shape index (κ3) is 3.70. The number of halogens is 1. The van der Waals surface area contributed by atoms with Crippen LogP contribution in [0.4, 0.5) is 0 Å². The van der Waals surface area contributed by atoms with Crippen molar-refractivity contribution in [1.29, 1.82) is 0 Å². The van der Waals surface area contributed by atoms with E-state index < -0.39 is 0 Å². The molecule has 18 heavy (non-hydrogen) atoms. The molecule has 2 rings (SSSR count). The van der Waals surface area contributed by atoms with E-state index in [1.807, 2.05) is 31.2 Å². The highest BCUT2D eigenvalue weighted by molar-refractivity contribution is 7.98. The average Bonchev–Trinajstić information content (AvgIpc) is 2.36. The van der Waals surface area contributed by atoms with E-state index in [2.05, 4.69) is 9.97 Å². The van der Waals surface area contributed by atoms with Crippen LogP contribution in [0.2, 0.25) is 5.15 Å². The van der Waals surface area contributed by atoms with Crippen molar-refractivity contribution in [2.24, 2.45) is 0 Å². The smallest absolute Gasteiger partial charge is 0.140 e. The lowest BCUT2D eigenvalue weighted by atomic mass is 10.2. The number of thioether (sulfide) groups is 1. The van der Waals surface area contributed by atoms with Gasteiger partial charge in [0.1, 0.15) is 11.0 Å². The van der Waals surface area contributed by atoms with Gasteiger partial charge in [-0.1, -0.05) is 23.7 Å². The molecule has 1 heterocycles. The maximum absolute atomic E-state index is 8.96. The van der Waals surface area contributed by atoms with E-state index in [4.69, 9.17) is 16.7 Å². The minimum Gasteiger partial charge on any atom is -0.392 e. The Hall–Kier alpha value is -1.10. The van der Waals surface area contributed by atoms with Crippen molar-refractivity contribution in [2.75, 3.05) is 0 Å². The molecule has 94 valence electrons. The summed E-state index contributed by atoms with van der Waals surface area (Å²) in [5.74, 6) is 1.41. The first kappa shape index (κ1) is 13.3. The minimum atomic E-state index is 0.0710. The Morgan fingerprint density at radius 3 is 2.56 bits per heavy atom. The lowest BCUT2D eigenvalue weighted by Gasteiger charge is -2.03. The normalized spacial score (nSPS) is 10.6. The maximum Gasteiger partial charge on any atom is 0.140 e. The van der Waals surface area contributed by atoms with Gasteiger partial charge in [-0.05, 0) is 30.7 Å². The summed E-state index contributed by atoms with van der Waals surface area (Å²) in [5.41, 5.74) is 1.79. The van der Waals surface area contributed by atoms with Crippen LogP contribution in [0.15, 0.2) is 35.2 Å². The van der Waals surface area contributed by atoms with Crippen molar-refractivity contribution in [1.82, 2.24) is 9.97 Å². The van der Waals surface area contributed by atoms with E-state index >= 15 is 0 Å². The monoisotopic (exact) mass is 280 g/mol. The largest absolute Gasteiger partial charge is 0.392 e. The number of aromatic nitrogens is 2. The summed E-state index contributed by atoms with van der Waals surface area (Å²) >= 11 is 7.53. The van der Waals surface area contributed by atoms with Gasteiger partial charge < -0.3 is 5.11 Å². The third-order valence-electron chi connectivity index (χ3n) is 2.34. The summed E-state index contributed by atoms with van der Waals surface area (Å²) in [6, 6.07) is 9.52. The molecule has 2 aromatic rings. The van der Waals surface area contributed by atoms with E-state index in [1.165, 1.54) is 0 Å². The Balaban J connectivity index is 2.01. The lowest BCUT2D eigenvalue weighted by Crippen LogP contribution is -1.95. The van der Waals surface area contributed by atoms with Crippen molar-refractivity contribution in [2.45, 2.75) is 24.2 Å². The number of aliphatic hydroxyl groups excluding tert-OH is 1. The van der Waals surface area contributed by atoms with Crippen LogP contribution >= 0.6 is 23.4 Å². The Bertz CT molecular complexity index is 511. The van der Waals surface area contributed by atoms with Crippen LogP contribution in [-0.4, -0.2) is 15.1 Å². The summed E-state index contributed by atoms with van der Waals surface area (Å²) in [7, 11) is 0. The predicted octanol–water partition coefficient (Wildman–Crippen LogP) is 3.22. The van der Waals surface area contributed by atoms with Crippen LogP contribution in [0.25, 0.3) is 0 Å². The Morgan fingerprint density at radius 1 is 1.22 bits per heavy atom. The van der Waals surface area contributed by atoms with Crippen LogP contribution in [0.3, 0.4) is 0 Å². The SMILES string of the molecule is Cc1cc(Cl)nc(CSc2ccc(CO)cc2)n1. The topological polar surface area (TPSA) is 46.0 Å². The number of benzene rings is 1. The van der Waals surface area contributed by atoms with Crippen LogP contribution in [0.1, 0.15) is 17.1 Å². The first-order valence-corrected chi connectivity index (χ1v) is 6.86. The molecule has 0 unspecified atom stereocenters. The van der Waals surface area contributed by atoms with Crippen molar-refractivity contribution >= 4 is 23.4 Å². The fraction of sp³-hybridized carbons (Fsp3) is 0.231. The quantitative estimate of drug-likeness (QED) is 0.690. The molecule has 0 atom stereocenters. The summed E-state index contributed by atoms with van der Waals surface area (Å²) in [5, 5.41) is 9.44. The lowest BCUT2D eigenvalue weighted by molar-refractivity contribution is 0.282. The van der Waals surface area contributed by atoms with Gasteiger partial charge in [0, 0.05) is 10.6 Å². The van der Waals surface area contributed by atoms with Gasteiger partial charge in [-0.3, -0.25) is 0 Å². The first-order chi connectivity index (χ1) is 8.67. The average molecular weight is 281 g/mol. The van der Waals surface area contributed by atoms with Gasteiger partial charge in [-0.15, -0.1) is 11.8 Å². The number of aliphatic hydroxyl groups is 1. The van der Waals surface area contributed by atoms with Gasteiger partial charge in [-0.2, -0.15) is 0 Å². The molecule has 1 N–H and O–H groups in total. The number of aryl methyl sites for hydroxylation is 1. The van der Waals surface area contributed by atoms with Gasteiger partial charge in [0.2, 0.25) is 0 Å². The molecule has 5 heteroatoms. The Labute approximate surface area is 115 Å². The number of nitrogens with zero attached hydrogens (tertiary/aromatic N) is 2. The summed E-state index contributed by atoms with van der Waals surface area (Å²) < 4.78 is 0. The van der Waals surface area contributed by atoms with E-state index in [0.717, 1.165) is 22.0 Å². The number of hydrogen-bond donors (Lipinski definition) is 1. The molecule has 1 aromatic heterocycles.